The number of Topliss-reactive ketones (excluding diaryl/α,β-unsaturated/α-hetero) is 2. The van der Waals surface area contributed by atoms with E-state index >= 15 is 0 Å². The monoisotopic (exact) mass is 558 g/mol. The second-order valence-corrected chi connectivity index (χ2v) is 10.4. The number of ketones is 2. The SMILES string of the molecule is CC.CCC/C(C(=O)c1nc(OC[C@@H]2CCCN2C)c2c(n1)n(CCOC)c(=O)n2C)=C(/N)[C@H]1CCCCC1=O. The number of fused-ring (bicyclic) bond motifs is 1. The zero-order valence-electron chi connectivity index (χ0n) is 25.0. The van der Waals surface area contributed by atoms with E-state index in [-0.39, 0.29) is 35.8 Å². The highest BCUT2D eigenvalue weighted by molar-refractivity contribution is 6.08. The molecular formula is C29H46N6O5. The molecule has 2 aromatic heterocycles. The van der Waals surface area contributed by atoms with E-state index in [9.17, 15) is 14.4 Å². The van der Waals surface area contributed by atoms with Gasteiger partial charge < -0.3 is 20.1 Å². The molecule has 222 valence electrons. The van der Waals surface area contributed by atoms with Crippen molar-refractivity contribution in [3.05, 3.63) is 27.6 Å². The number of nitrogens with zero attached hydrogens (tertiary/aromatic N) is 5. The van der Waals surface area contributed by atoms with Crippen LogP contribution in [-0.4, -0.2) is 75.5 Å². The van der Waals surface area contributed by atoms with Gasteiger partial charge in [-0.25, -0.2) is 9.78 Å². The van der Waals surface area contributed by atoms with E-state index < -0.39 is 11.7 Å². The first kappa shape index (κ1) is 31.5. The average Bonchev–Trinajstić information content (AvgIpc) is 3.49. The molecule has 11 nitrogen and oxygen atoms in total. The van der Waals surface area contributed by atoms with Gasteiger partial charge in [0.25, 0.3) is 0 Å². The van der Waals surface area contributed by atoms with Gasteiger partial charge in [-0.3, -0.25) is 18.7 Å². The molecule has 2 aromatic rings. The normalized spacial score (nSPS) is 20.3. The molecule has 2 atom stereocenters. The van der Waals surface area contributed by atoms with E-state index in [1.54, 1.807) is 14.2 Å². The van der Waals surface area contributed by atoms with Crippen molar-refractivity contribution in [3.8, 4) is 5.88 Å². The van der Waals surface area contributed by atoms with Crippen molar-refractivity contribution in [3.63, 3.8) is 0 Å². The summed E-state index contributed by atoms with van der Waals surface area (Å²) in [7, 11) is 5.26. The molecule has 2 aliphatic rings. The van der Waals surface area contributed by atoms with Crippen LogP contribution in [0.4, 0.5) is 0 Å². The Morgan fingerprint density at radius 3 is 2.48 bits per heavy atom. The number of aryl methyl sites for hydroxylation is 1. The van der Waals surface area contributed by atoms with Crippen LogP contribution in [-0.2, 0) is 23.1 Å². The van der Waals surface area contributed by atoms with Crippen LogP contribution in [0.5, 0.6) is 5.88 Å². The summed E-state index contributed by atoms with van der Waals surface area (Å²) in [5, 5.41) is 0. The van der Waals surface area contributed by atoms with Gasteiger partial charge in [0.05, 0.1) is 19.1 Å². The second kappa shape index (κ2) is 14.5. The summed E-state index contributed by atoms with van der Waals surface area (Å²) in [6, 6.07) is 0.218. The van der Waals surface area contributed by atoms with E-state index in [0.717, 1.165) is 32.2 Å². The molecule has 1 aliphatic heterocycles. The molecule has 1 aliphatic carbocycles. The zero-order valence-corrected chi connectivity index (χ0v) is 25.0. The summed E-state index contributed by atoms with van der Waals surface area (Å²) in [6.45, 7) is 7.89. The highest BCUT2D eigenvalue weighted by Gasteiger charge is 2.31. The number of methoxy groups -OCH3 is 1. The zero-order chi connectivity index (χ0) is 29.4. The molecule has 4 rings (SSSR count). The Kier molecular flexibility index (Phi) is 11.4. The lowest BCUT2D eigenvalue weighted by Crippen LogP contribution is -2.31. The van der Waals surface area contributed by atoms with Crippen LogP contribution in [0.3, 0.4) is 0 Å². The smallest absolute Gasteiger partial charge is 0.330 e. The number of aromatic nitrogens is 4. The van der Waals surface area contributed by atoms with E-state index in [4.69, 9.17) is 15.2 Å². The van der Waals surface area contributed by atoms with Gasteiger partial charge in [0.15, 0.2) is 11.2 Å². The molecule has 3 heterocycles. The first-order chi connectivity index (χ1) is 19.3. The summed E-state index contributed by atoms with van der Waals surface area (Å²) in [5.41, 5.74) is 7.65. The van der Waals surface area contributed by atoms with Crippen molar-refractivity contribution in [2.75, 3.05) is 33.9 Å². The Labute approximate surface area is 236 Å². The Hall–Kier alpha value is -3.05. The molecule has 0 unspecified atom stereocenters. The summed E-state index contributed by atoms with van der Waals surface area (Å²) in [5.74, 6) is -0.700. The quantitative estimate of drug-likeness (QED) is 0.326. The predicted molar refractivity (Wildman–Crippen MR) is 155 cm³/mol. The van der Waals surface area contributed by atoms with Gasteiger partial charge in [-0.15, -0.1) is 0 Å². The maximum Gasteiger partial charge on any atom is 0.330 e. The fraction of sp³-hybridized carbons (Fsp3) is 0.690. The lowest BCUT2D eigenvalue weighted by Gasteiger charge is -2.23. The number of rotatable bonds is 11. The minimum atomic E-state index is -0.455. The maximum absolute atomic E-state index is 13.9. The molecule has 1 saturated carbocycles. The van der Waals surface area contributed by atoms with Crippen molar-refractivity contribution in [2.45, 2.75) is 84.7 Å². The predicted octanol–water partition coefficient (Wildman–Crippen LogP) is 3.23. The van der Waals surface area contributed by atoms with Crippen LogP contribution in [0.25, 0.3) is 11.2 Å². The van der Waals surface area contributed by atoms with Gasteiger partial charge in [-0.2, -0.15) is 4.98 Å². The average molecular weight is 559 g/mol. The molecule has 0 spiro atoms. The number of likely N-dealkylation sites (tertiary alicyclic amines) is 1. The van der Waals surface area contributed by atoms with Gasteiger partial charge >= 0.3 is 5.69 Å². The number of ether oxygens (including phenoxy) is 2. The van der Waals surface area contributed by atoms with Crippen LogP contribution < -0.4 is 16.2 Å². The molecule has 2 fully saturated rings. The summed E-state index contributed by atoms with van der Waals surface area (Å²) in [6.07, 6.45) is 6.04. The third-order valence-electron chi connectivity index (χ3n) is 7.80. The summed E-state index contributed by atoms with van der Waals surface area (Å²) < 4.78 is 14.3. The Morgan fingerprint density at radius 1 is 1.10 bits per heavy atom. The molecular weight excluding hydrogens is 512 g/mol. The van der Waals surface area contributed by atoms with Crippen LogP contribution in [0, 0.1) is 5.92 Å². The highest BCUT2D eigenvalue weighted by Crippen LogP contribution is 2.30. The van der Waals surface area contributed by atoms with Crippen LogP contribution >= 0.6 is 0 Å². The molecule has 0 aromatic carbocycles. The van der Waals surface area contributed by atoms with Gasteiger partial charge in [0.2, 0.25) is 17.5 Å². The Balaban J connectivity index is 0.00000216. The van der Waals surface area contributed by atoms with Crippen molar-refractivity contribution >= 4 is 22.7 Å². The fourth-order valence-electron chi connectivity index (χ4n) is 5.52. The van der Waals surface area contributed by atoms with Crippen molar-refractivity contribution < 1.29 is 19.1 Å². The lowest BCUT2D eigenvalue weighted by atomic mass is 9.83. The first-order valence-electron chi connectivity index (χ1n) is 14.6. The number of imidazole rings is 1. The second-order valence-electron chi connectivity index (χ2n) is 10.4. The molecule has 11 heteroatoms. The van der Waals surface area contributed by atoms with Gasteiger partial charge in [0, 0.05) is 37.9 Å². The van der Waals surface area contributed by atoms with Gasteiger partial charge in [-0.05, 0) is 45.7 Å². The van der Waals surface area contributed by atoms with E-state index in [1.165, 1.54) is 9.13 Å². The first-order valence-corrected chi connectivity index (χ1v) is 14.6. The number of nitrogens with two attached hydrogens (primary N) is 1. The number of allylic oxidation sites excluding steroid dienone is 2. The summed E-state index contributed by atoms with van der Waals surface area (Å²) in [4.78, 5) is 51.0. The van der Waals surface area contributed by atoms with E-state index in [1.807, 2.05) is 20.8 Å². The molecule has 1 saturated heterocycles. The molecule has 2 N–H and O–H groups in total. The maximum atomic E-state index is 13.9. The van der Waals surface area contributed by atoms with Gasteiger partial charge in [0.1, 0.15) is 12.4 Å². The highest BCUT2D eigenvalue weighted by atomic mass is 16.5. The van der Waals surface area contributed by atoms with Crippen molar-refractivity contribution in [2.24, 2.45) is 18.7 Å². The van der Waals surface area contributed by atoms with Crippen molar-refractivity contribution in [1.29, 1.82) is 0 Å². The molecule has 0 radical (unpaired) electrons. The minimum Gasteiger partial charge on any atom is -0.474 e. The number of carbonyl (C=O) groups excluding carboxylic acids is 2. The lowest BCUT2D eigenvalue weighted by molar-refractivity contribution is -0.123. The Morgan fingerprint density at radius 2 is 1.85 bits per heavy atom. The number of carbonyl (C=O) groups is 2. The van der Waals surface area contributed by atoms with Crippen LogP contribution in [0.15, 0.2) is 16.1 Å². The Bertz CT molecular complexity index is 1280. The third kappa shape index (κ3) is 6.63. The largest absolute Gasteiger partial charge is 0.474 e. The van der Waals surface area contributed by atoms with Gasteiger partial charge in [-0.1, -0.05) is 33.6 Å². The number of hydrogen-bond donors (Lipinski definition) is 1. The third-order valence-corrected chi connectivity index (χ3v) is 7.80. The molecule has 40 heavy (non-hydrogen) atoms. The minimum absolute atomic E-state index is 0.0766. The summed E-state index contributed by atoms with van der Waals surface area (Å²) >= 11 is 0. The van der Waals surface area contributed by atoms with E-state index in [2.05, 4.69) is 21.9 Å². The standard InChI is InChI=1S/C27H40N6O5.C2H6/c1-5-9-19(21(28)18-11-6-7-12-20(18)34)23(35)24-29-25-22(32(3)27(36)33(25)14-15-37-4)26(30-24)38-16-17-10-8-13-31(17)2;1-2/h17-18H,5-16,28H2,1-4H3;1-2H3/b21-19-;/t17-,18-;/m0./s1. The fourth-order valence-corrected chi connectivity index (χ4v) is 5.52. The molecule has 0 bridgehead atoms. The van der Waals surface area contributed by atoms with Crippen molar-refractivity contribution in [1.82, 2.24) is 24.0 Å². The number of hydrogen-bond acceptors (Lipinski definition) is 9. The van der Waals surface area contributed by atoms with Crippen LogP contribution in [0.1, 0.15) is 82.8 Å². The topological polar surface area (TPSA) is 135 Å². The molecule has 0 amide bonds. The van der Waals surface area contributed by atoms with Crippen LogP contribution in [0.2, 0.25) is 0 Å². The number of likely N-dealkylation sites (N-methyl/N-ethyl adjacent to an activating group) is 1. The van der Waals surface area contributed by atoms with E-state index in [0.29, 0.717) is 61.3 Å².